The van der Waals surface area contributed by atoms with E-state index in [2.05, 4.69) is 155 Å². The molecule has 9 aromatic rings. The summed E-state index contributed by atoms with van der Waals surface area (Å²) >= 11 is 0. The molecule has 202 valence electrons. The summed E-state index contributed by atoms with van der Waals surface area (Å²) in [5.41, 5.74) is 8.73. The first-order valence-corrected chi connectivity index (χ1v) is 14.6. The molecular formula is C40H26N2O. The minimum atomic E-state index is 0.918. The van der Waals surface area contributed by atoms with Crippen LogP contribution in [0.2, 0.25) is 0 Å². The van der Waals surface area contributed by atoms with E-state index < -0.39 is 0 Å². The number of rotatable bonds is 4. The minimum Gasteiger partial charge on any atom is -0.456 e. The van der Waals surface area contributed by atoms with Gasteiger partial charge in [-0.1, -0.05) is 78.9 Å². The summed E-state index contributed by atoms with van der Waals surface area (Å²) in [5.74, 6) is 0. The molecule has 0 N–H and O–H groups in total. The van der Waals surface area contributed by atoms with Gasteiger partial charge in [0.1, 0.15) is 11.2 Å². The Morgan fingerprint density at radius 1 is 0.395 bits per heavy atom. The summed E-state index contributed by atoms with van der Waals surface area (Å²) in [5, 5.41) is 7.09. The standard InChI is InChI=1S/C40H26N2O/c1-3-11-29(12-4-1)41(31-20-19-27-25-40-36(24-28(27)23-31)34-16-8-10-18-39(34)43-40)32-21-22-38-35(26-32)33-15-7-9-17-37(33)42(38)30-13-5-2-6-14-30/h1-26H. The largest absolute Gasteiger partial charge is 0.456 e. The lowest BCUT2D eigenvalue weighted by Crippen LogP contribution is -2.09. The molecule has 0 aliphatic heterocycles. The summed E-state index contributed by atoms with van der Waals surface area (Å²) in [7, 11) is 0. The summed E-state index contributed by atoms with van der Waals surface area (Å²) < 4.78 is 8.53. The predicted molar refractivity (Wildman–Crippen MR) is 180 cm³/mol. The molecule has 0 atom stereocenters. The highest BCUT2D eigenvalue weighted by Gasteiger charge is 2.18. The maximum absolute atomic E-state index is 6.17. The van der Waals surface area contributed by atoms with Crippen LogP contribution in [0.15, 0.2) is 162 Å². The average Bonchev–Trinajstić information content (AvgIpc) is 3.59. The van der Waals surface area contributed by atoms with E-state index in [4.69, 9.17) is 4.42 Å². The number of fused-ring (bicyclic) bond motifs is 7. The summed E-state index contributed by atoms with van der Waals surface area (Å²) in [4.78, 5) is 2.35. The van der Waals surface area contributed by atoms with Gasteiger partial charge < -0.3 is 13.9 Å². The molecule has 3 nitrogen and oxygen atoms in total. The third-order valence-electron chi connectivity index (χ3n) is 8.52. The Morgan fingerprint density at radius 3 is 1.93 bits per heavy atom. The molecule has 7 aromatic carbocycles. The van der Waals surface area contributed by atoms with Crippen molar-refractivity contribution in [2.45, 2.75) is 0 Å². The van der Waals surface area contributed by atoms with Gasteiger partial charge in [-0.25, -0.2) is 0 Å². The van der Waals surface area contributed by atoms with Crippen molar-refractivity contribution in [3.63, 3.8) is 0 Å². The van der Waals surface area contributed by atoms with E-state index in [9.17, 15) is 0 Å². The Balaban J connectivity index is 1.27. The summed E-state index contributed by atoms with van der Waals surface area (Å²) in [6.07, 6.45) is 0. The number of benzene rings is 7. The van der Waals surface area contributed by atoms with Crippen LogP contribution in [0.5, 0.6) is 0 Å². The van der Waals surface area contributed by atoms with Crippen LogP contribution >= 0.6 is 0 Å². The van der Waals surface area contributed by atoms with Gasteiger partial charge in [-0.3, -0.25) is 0 Å². The van der Waals surface area contributed by atoms with Gasteiger partial charge in [-0.05, 0) is 89.6 Å². The highest BCUT2D eigenvalue weighted by Crippen LogP contribution is 2.41. The van der Waals surface area contributed by atoms with E-state index in [1.54, 1.807) is 0 Å². The van der Waals surface area contributed by atoms with Gasteiger partial charge in [0, 0.05) is 44.3 Å². The summed E-state index contributed by atoms with van der Waals surface area (Å²) in [6, 6.07) is 56.1. The molecule has 0 unspecified atom stereocenters. The highest BCUT2D eigenvalue weighted by molar-refractivity contribution is 6.12. The maximum atomic E-state index is 6.17. The second kappa shape index (κ2) is 9.37. The monoisotopic (exact) mass is 550 g/mol. The molecule has 3 heteroatoms. The molecule has 0 fully saturated rings. The van der Waals surface area contributed by atoms with E-state index >= 15 is 0 Å². The lowest BCUT2D eigenvalue weighted by molar-refractivity contribution is 0.669. The Bertz CT molecular complexity index is 2450. The van der Waals surface area contributed by atoms with Crippen LogP contribution in [0.3, 0.4) is 0 Å². The predicted octanol–water partition coefficient (Wildman–Crippen LogP) is 11.3. The van der Waals surface area contributed by atoms with Gasteiger partial charge in [0.25, 0.3) is 0 Å². The lowest BCUT2D eigenvalue weighted by Gasteiger charge is -2.26. The second-order valence-electron chi connectivity index (χ2n) is 11.0. The van der Waals surface area contributed by atoms with Crippen LogP contribution in [-0.2, 0) is 0 Å². The highest BCUT2D eigenvalue weighted by atomic mass is 16.3. The van der Waals surface area contributed by atoms with Gasteiger partial charge in [-0.15, -0.1) is 0 Å². The van der Waals surface area contributed by atoms with Crippen molar-refractivity contribution in [2.24, 2.45) is 0 Å². The molecule has 0 saturated heterocycles. The van der Waals surface area contributed by atoms with Crippen molar-refractivity contribution < 1.29 is 4.42 Å². The third kappa shape index (κ3) is 3.75. The Labute approximate surface area is 248 Å². The summed E-state index contributed by atoms with van der Waals surface area (Å²) in [6.45, 7) is 0. The van der Waals surface area contributed by atoms with Gasteiger partial charge in [0.2, 0.25) is 0 Å². The normalized spacial score (nSPS) is 11.7. The maximum Gasteiger partial charge on any atom is 0.136 e. The fourth-order valence-corrected chi connectivity index (χ4v) is 6.57. The quantitative estimate of drug-likeness (QED) is 0.217. The van der Waals surface area contributed by atoms with Crippen molar-refractivity contribution in [3.8, 4) is 5.69 Å². The van der Waals surface area contributed by atoms with E-state index in [0.717, 1.165) is 50.1 Å². The molecule has 0 radical (unpaired) electrons. The van der Waals surface area contributed by atoms with Crippen LogP contribution in [0, 0.1) is 0 Å². The molecule has 2 aromatic heterocycles. The Hall–Kier alpha value is -5.80. The Morgan fingerprint density at radius 2 is 1.07 bits per heavy atom. The number of para-hydroxylation sites is 4. The molecule has 43 heavy (non-hydrogen) atoms. The first-order valence-electron chi connectivity index (χ1n) is 14.6. The number of hydrogen-bond acceptors (Lipinski definition) is 2. The van der Waals surface area contributed by atoms with Crippen molar-refractivity contribution >= 4 is 71.6 Å². The molecule has 0 saturated carbocycles. The minimum absolute atomic E-state index is 0.918. The van der Waals surface area contributed by atoms with E-state index in [-0.39, 0.29) is 0 Å². The van der Waals surface area contributed by atoms with Crippen molar-refractivity contribution in [1.82, 2.24) is 4.57 Å². The molecule has 2 heterocycles. The first-order chi connectivity index (χ1) is 21.3. The van der Waals surface area contributed by atoms with E-state index in [1.165, 1.54) is 27.2 Å². The van der Waals surface area contributed by atoms with Crippen LogP contribution in [0.25, 0.3) is 60.2 Å². The zero-order chi connectivity index (χ0) is 28.3. The van der Waals surface area contributed by atoms with Crippen LogP contribution < -0.4 is 4.90 Å². The molecule has 0 aliphatic rings. The molecule has 0 aliphatic carbocycles. The number of furan rings is 1. The van der Waals surface area contributed by atoms with Crippen LogP contribution in [-0.4, -0.2) is 4.57 Å². The molecule has 0 bridgehead atoms. The van der Waals surface area contributed by atoms with E-state index in [1.807, 2.05) is 12.1 Å². The van der Waals surface area contributed by atoms with Crippen molar-refractivity contribution in [1.29, 1.82) is 0 Å². The smallest absolute Gasteiger partial charge is 0.136 e. The molecular weight excluding hydrogens is 524 g/mol. The zero-order valence-electron chi connectivity index (χ0n) is 23.3. The molecule has 9 rings (SSSR count). The fraction of sp³-hybridized carbons (Fsp3) is 0. The van der Waals surface area contributed by atoms with Crippen LogP contribution in [0.1, 0.15) is 0 Å². The van der Waals surface area contributed by atoms with Gasteiger partial charge in [0.05, 0.1) is 11.0 Å². The fourth-order valence-electron chi connectivity index (χ4n) is 6.57. The van der Waals surface area contributed by atoms with E-state index in [0.29, 0.717) is 0 Å². The number of aromatic nitrogens is 1. The van der Waals surface area contributed by atoms with Gasteiger partial charge >= 0.3 is 0 Å². The third-order valence-corrected chi connectivity index (χ3v) is 8.52. The SMILES string of the molecule is c1ccc(N(c2ccc3cc4oc5ccccc5c4cc3c2)c2ccc3c(c2)c2ccccc2n3-c2ccccc2)cc1. The lowest BCUT2D eigenvalue weighted by atomic mass is 10.0. The number of nitrogens with zero attached hydrogens (tertiary/aromatic N) is 2. The molecule has 0 amide bonds. The molecule has 0 spiro atoms. The number of hydrogen-bond donors (Lipinski definition) is 0. The second-order valence-corrected chi connectivity index (χ2v) is 11.0. The van der Waals surface area contributed by atoms with Gasteiger partial charge in [0.15, 0.2) is 0 Å². The number of anilines is 3. The van der Waals surface area contributed by atoms with Gasteiger partial charge in [-0.2, -0.15) is 0 Å². The van der Waals surface area contributed by atoms with Crippen molar-refractivity contribution in [3.05, 3.63) is 158 Å². The first kappa shape index (κ1) is 23.9. The van der Waals surface area contributed by atoms with Crippen LogP contribution in [0.4, 0.5) is 17.1 Å². The van der Waals surface area contributed by atoms with Crippen molar-refractivity contribution in [2.75, 3.05) is 4.90 Å². The zero-order valence-corrected chi connectivity index (χ0v) is 23.3. The Kier molecular flexibility index (Phi) is 5.20. The average molecular weight is 551 g/mol. The topological polar surface area (TPSA) is 21.3 Å².